The Hall–Kier alpha value is -2.32. The fourth-order valence-corrected chi connectivity index (χ4v) is 1.67. The highest BCUT2D eigenvalue weighted by Crippen LogP contribution is 2.27. The van der Waals surface area contributed by atoms with Gasteiger partial charge in [-0.15, -0.1) is 0 Å². The van der Waals surface area contributed by atoms with Crippen LogP contribution in [0.2, 0.25) is 5.02 Å². The van der Waals surface area contributed by atoms with Crippen LogP contribution in [0.3, 0.4) is 0 Å². The molecule has 2 aromatic rings. The van der Waals surface area contributed by atoms with Gasteiger partial charge in [-0.1, -0.05) is 11.6 Å². The Labute approximate surface area is 102 Å². The van der Waals surface area contributed by atoms with Gasteiger partial charge in [-0.05, 0) is 24.3 Å². The quantitative estimate of drug-likeness (QED) is 0.605. The van der Waals surface area contributed by atoms with Crippen molar-refractivity contribution < 1.29 is 4.92 Å². The first kappa shape index (κ1) is 11.2. The maximum absolute atomic E-state index is 10.7. The van der Waals surface area contributed by atoms with E-state index in [1.54, 1.807) is 29.0 Å². The second kappa shape index (κ2) is 4.28. The van der Waals surface area contributed by atoms with Crippen molar-refractivity contribution in [3.8, 4) is 11.8 Å². The first-order chi connectivity index (χ1) is 8.13. The maximum Gasteiger partial charge on any atom is 0.289 e. The minimum Gasteiger partial charge on any atom is -0.308 e. The molecular formula is C11H6ClN3O2. The van der Waals surface area contributed by atoms with Crippen molar-refractivity contribution in [2.75, 3.05) is 0 Å². The lowest BCUT2D eigenvalue weighted by atomic mass is 10.2. The highest BCUT2D eigenvalue weighted by molar-refractivity contribution is 6.32. The highest BCUT2D eigenvalue weighted by Gasteiger charge is 2.14. The van der Waals surface area contributed by atoms with E-state index in [1.807, 2.05) is 6.07 Å². The number of benzene rings is 1. The van der Waals surface area contributed by atoms with Gasteiger partial charge in [-0.2, -0.15) is 5.26 Å². The van der Waals surface area contributed by atoms with E-state index in [4.69, 9.17) is 16.9 Å². The molecule has 0 aliphatic heterocycles. The zero-order valence-electron chi connectivity index (χ0n) is 8.50. The van der Waals surface area contributed by atoms with Gasteiger partial charge < -0.3 is 4.57 Å². The highest BCUT2D eigenvalue weighted by atomic mass is 35.5. The molecule has 0 spiro atoms. The van der Waals surface area contributed by atoms with Gasteiger partial charge in [0.15, 0.2) is 0 Å². The van der Waals surface area contributed by atoms with E-state index in [2.05, 4.69) is 0 Å². The minimum absolute atomic E-state index is 0.0735. The van der Waals surface area contributed by atoms with Gasteiger partial charge in [-0.3, -0.25) is 10.1 Å². The number of nitro benzene ring substituents is 1. The van der Waals surface area contributed by atoms with Crippen molar-refractivity contribution in [2.45, 2.75) is 0 Å². The van der Waals surface area contributed by atoms with E-state index in [1.165, 1.54) is 12.1 Å². The normalized spacial score (nSPS) is 9.88. The Morgan fingerprint density at radius 3 is 2.82 bits per heavy atom. The van der Waals surface area contributed by atoms with Crippen LogP contribution in [0.25, 0.3) is 5.69 Å². The molecule has 0 radical (unpaired) electrons. The van der Waals surface area contributed by atoms with E-state index < -0.39 is 4.92 Å². The topological polar surface area (TPSA) is 71.9 Å². The Bertz CT molecular complexity index is 628. The summed E-state index contributed by atoms with van der Waals surface area (Å²) in [6.07, 6.45) is 1.66. The van der Waals surface area contributed by atoms with Crippen molar-refractivity contribution in [3.63, 3.8) is 0 Å². The molecule has 84 valence electrons. The second-order valence-electron chi connectivity index (χ2n) is 3.27. The van der Waals surface area contributed by atoms with E-state index in [0.29, 0.717) is 11.4 Å². The predicted molar refractivity (Wildman–Crippen MR) is 62.1 cm³/mol. The summed E-state index contributed by atoms with van der Waals surface area (Å²) in [4.78, 5) is 10.2. The Morgan fingerprint density at radius 1 is 1.41 bits per heavy atom. The number of hydrogen-bond donors (Lipinski definition) is 0. The lowest BCUT2D eigenvalue weighted by Gasteiger charge is -2.05. The van der Waals surface area contributed by atoms with Crippen LogP contribution in [-0.2, 0) is 0 Å². The lowest BCUT2D eigenvalue weighted by Crippen LogP contribution is -1.97. The third-order valence-electron chi connectivity index (χ3n) is 2.27. The van der Waals surface area contributed by atoms with Crippen LogP contribution in [0, 0.1) is 21.4 Å². The largest absolute Gasteiger partial charge is 0.308 e. The van der Waals surface area contributed by atoms with E-state index in [9.17, 15) is 10.1 Å². The molecule has 6 heteroatoms. The molecule has 5 nitrogen and oxygen atoms in total. The van der Waals surface area contributed by atoms with Gasteiger partial charge in [0.05, 0.1) is 10.6 Å². The molecule has 1 heterocycles. The monoisotopic (exact) mass is 247 g/mol. The number of nitro groups is 1. The summed E-state index contributed by atoms with van der Waals surface area (Å²) in [6.45, 7) is 0. The number of aromatic nitrogens is 1. The molecule has 0 saturated carbocycles. The van der Waals surface area contributed by atoms with Crippen LogP contribution in [0.5, 0.6) is 0 Å². The van der Waals surface area contributed by atoms with Crippen molar-refractivity contribution in [2.24, 2.45) is 0 Å². The van der Waals surface area contributed by atoms with E-state index >= 15 is 0 Å². The SMILES string of the molecule is N#Cc1cccn1-c1ccc(Cl)c([N+](=O)[O-])c1. The fraction of sp³-hybridized carbons (Fsp3) is 0. The summed E-state index contributed by atoms with van der Waals surface area (Å²) in [7, 11) is 0. The molecule has 1 aromatic heterocycles. The van der Waals surface area contributed by atoms with Gasteiger partial charge in [-0.25, -0.2) is 0 Å². The number of hydrogen-bond acceptors (Lipinski definition) is 3. The van der Waals surface area contributed by atoms with Crippen LogP contribution in [0.1, 0.15) is 5.69 Å². The summed E-state index contributed by atoms with van der Waals surface area (Å²) in [5, 5.41) is 19.7. The van der Waals surface area contributed by atoms with Crippen LogP contribution in [0.4, 0.5) is 5.69 Å². The molecular weight excluding hydrogens is 242 g/mol. The summed E-state index contributed by atoms with van der Waals surface area (Å²) in [6, 6.07) is 9.71. The van der Waals surface area contributed by atoms with Crippen molar-refractivity contribution >= 4 is 17.3 Å². The molecule has 2 rings (SSSR count). The van der Waals surface area contributed by atoms with Gasteiger partial charge in [0.2, 0.25) is 0 Å². The summed E-state index contributed by atoms with van der Waals surface area (Å²) in [5.41, 5.74) is 0.756. The molecule has 0 amide bonds. The Morgan fingerprint density at radius 2 is 2.18 bits per heavy atom. The average molecular weight is 248 g/mol. The van der Waals surface area contributed by atoms with Crippen LogP contribution >= 0.6 is 11.6 Å². The number of nitriles is 1. The van der Waals surface area contributed by atoms with E-state index in [0.717, 1.165) is 0 Å². The molecule has 0 N–H and O–H groups in total. The zero-order valence-corrected chi connectivity index (χ0v) is 9.26. The van der Waals surface area contributed by atoms with Gasteiger partial charge >= 0.3 is 0 Å². The van der Waals surface area contributed by atoms with Crippen LogP contribution in [0.15, 0.2) is 36.5 Å². The van der Waals surface area contributed by atoms with Crippen molar-refractivity contribution in [3.05, 3.63) is 57.4 Å². The zero-order chi connectivity index (χ0) is 12.4. The number of nitrogens with zero attached hydrogens (tertiary/aromatic N) is 3. The van der Waals surface area contributed by atoms with Gasteiger partial charge in [0.25, 0.3) is 5.69 Å². The number of rotatable bonds is 2. The number of halogens is 1. The molecule has 17 heavy (non-hydrogen) atoms. The molecule has 0 bridgehead atoms. The third kappa shape index (κ3) is 1.98. The molecule has 0 aliphatic rings. The average Bonchev–Trinajstić information content (AvgIpc) is 2.77. The smallest absolute Gasteiger partial charge is 0.289 e. The Balaban J connectivity index is 2.59. The fourth-order valence-electron chi connectivity index (χ4n) is 1.49. The molecule has 0 aliphatic carbocycles. The third-order valence-corrected chi connectivity index (χ3v) is 2.59. The summed E-state index contributed by atoms with van der Waals surface area (Å²) in [5.74, 6) is 0. The first-order valence-electron chi connectivity index (χ1n) is 4.65. The standard InChI is InChI=1S/C11H6ClN3O2/c12-10-4-3-8(6-11(10)15(16)17)14-5-1-2-9(14)7-13/h1-6H. The minimum atomic E-state index is -0.554. The van der Waals surface area contributed by atoms with Crippen molar-refractivity contribution in [1.82, 2.24) is 4.57 Å². The predicted octanol–water partition coefficient (Wildman–Crippen LogP) is 2.91. The van der Waals surface area contributed by atoms with Crippen molar-refractivity contribution in [1.29, 1.82) is 5.26 Å². The first-order valence-corrected chi connectivity index (χ1v) is 5.03. The summed E-state index contributed by atoms with van der Waals surface area (Å²) < 4.78 is 1.56. The van der Waals surface area contributed by atoms with Gasteiger partial charge in [0.1, 0.15) is 16.8 Å². The molecule has 0 unspecified atom stereocenters. The van der Waals surface area contributed by atoms with E-state index in [-0.39, 0.29) is 10.7 Å². The van der Waals surface area contributed by atoms with Crippen LogP contribution in [-0.4, -0.2) is 9.49 Å². The second-order valence-corrected chi connectivity index (χ2v) is 3.68. The molecule has 0 atom stereocenters. The molecule has 0 fully saturated rings. The Kier molecular flexibility index (Phi) is 2.81. The molecule has 1 aromatic carbocycles. The van der Waals surface area contributed by atoms with Crippen LogP contribution < -0.4 is 0 Å². The molecule has 0 saturated heterocycles. The lowest BCUT2D eigenvalue weighted by molar-refractivity contribution is -0.384. The summed E-state index contributed by atoms with van der Waals surface area (Å²) >= 11 is 5.71. The van der Waals surface area contributed by atoms with Gasteiger partial charge in [0, 0.05) is 12.3 Å². The maximum atomic E-state index is 10.7.